The summed E-state index contributed by atoms with van der Waals surface area (Å²) in [7, 11) is 0. The first-order valence-electron chi connectivity index (χ1n) is 10.4. The molecule has 7 atom stereocenters. The smallest absolute Gasteiger partial charge is 0.303 e. The Balaban J connectivity index is 1.67. The summed E-state index contributed by atoms with van der Waals surface area (Å²) in [5, 5.41) is 19.8. The van der Waals surface area contributed by atoms with Crippen LogP contribution in [0.1, 0.15) is 71.6 Å². The van der Waals surface area contributed by atoms with Crippen LogP contribution in [0.3, 0.4) is 0 Å². The third kappa shape index (κ3) is 2.51. The lowest BCUT2D eigenvalue weighted by molar-refractivity contribution is -0.138. The van der Waals surface area contributed by atoms with Gasteiger partial charge in [-0.15, -0.1) is 0 Å². The molecule has 4 rings (SSSR count). The first-order chi connectivity index (χ1) is 12.3. The van der Waals surface area contributed by atoms with Gasteiger partial charge >= 0.3 is 5.97 Å². The number of allylic oxidation sites excluding steroid dienone is 1. The lowest BCUT2D eigenvalue weighted by atomic mass is 9.45. The van der Waals surface area contributed by atoms with E-state index in [0.29, 0.717) is 30.6 Å². The summed E-state index contributed by atoms with van der Waals surface area (Å²) in [5.74, 6) is 1.27. The van der Waals surface area contributed by atoms with E-state index >= 15 is 0 Å². The van der Waals surface area contributed by atoms with Gasteiger partial charge in [-0.05, 0) is 85.5 Å². The Hall–Kier alpha value is -1.16. The van der Waals surface area contributed by atoms with Gasteiger partial charge in [0, 0.05) is 12.8 Å². The van der Waals surface area contributed by atoms with Crippen LogP contribution in [0.2, 0.25) is 0 Å². The van der Waals surface area contributed by atoms with E-state index in [4.69, 9.17) is 0 Å². The molecule has 0 aliphatic heterocycles. The zero-order valence-corrected chi connectivity index (χ0v) is 16.0. The highest BCUT2D eigenvalue weighted by Crippen LogP contribution is 2.66. The summed E-state index contributed by atoms with van der Waals surface area (Å²) in [5.41, 5.74) is 1.30. The maximum atomic E-state index is 12.3. The number of aliphatic carboxylic acids is 1. The van der Waals surface area contributed by atoms with Gasteiger partial charge in [0.25, 0.3) is 0 Å². The van der Waals surface area contributed by atoms with Crippen LogP contribution in [-0.2, 0) is 9.59 Å². The maximum absolute atomic E-state index is 12.3. The predicted molar refractivity (Wildman–Crippen MR) is 98.5 cm³/mol. The first kappa shape index (κ1) is 18.2. The van der Waals surface area contributed by atoms with Crippen LogP contribution in [0, 0.1) is 34.5 Å². The number of carboxylic acids is 1. The van der Waals surface area contributed by atoms with E-state index < -0.39 is 5.97 Å². The number of rotatable bonds is 3. The Labute approximate surface area is 156 Å². The fourth-order valence-electron chi connectivity index (χ4n) is 7.44. The molecular weight excluding hydrogens is 328 g/mol. The second-order valence-electron chi connectivity index (χ2n) is 9.81. The molecule has 0 heterocycles. The van der Waals surface area contributed by atoms with Crippen molar-refractivity contribution in [1.82, 2.24) is 0 Å². The standard InChI is InChI=1S/C22H32O4/c1-21-10-9-18-16(17(21)6-7-19(21)24)5-3-13-11-15(23)12-14(22(13,18)2)4-8-20(25)26/h11,14,16-19,24H,3-10,12H2,1-2H3,(H,25,26)/t14?,16-,17-,18-,19-,21-,22+/m0/s1. The van der Waals surface area contributed by atoms with Crippen molar-refractivity contribution in [3.63, 3.8) is 0 Å². The van der Waals surface area contributed by atoms with Gasteiger partial charge in [-0.3, -0.25) is 9.59 Å². The van der Waals surface area contributed by atoms with Crippen molar-refractivity contribution < 1.29 is 19.8 Å². The molecule has 0 aromatic carbocycles. The third-order valence-electron chi connectivity index (χ3n) is 8.93. The van der Waals surface area contributed by atoms with E-state index in [1.54, 1.807) is 0 Å². The van der Waals surface area contributed by atoms with E-state index in [9.17, 15) is 19.8 Å². The molecule has 4 aliphatic carbocycles. The van der Waals surface area contributed by atoms with Crippen molar-refractivity contribution in [2.45, 2.75) is 77.7 Å². The van der Waals surface area contributed by atoms with E-state index in [0.717, 1.165) is 38.5 Å². The maximum Gasteiger partial charge on any atom is 0.303 e. The largest absolute Gasteiger partial charge is 0.481 e. The molecule has 26 heavy (non-hydrogen) atoms. The number of fused-ring (bicyclic) bond motifs is 5. The molecule has 2 N–H and O–H groups in total. The number of hydrogen-bond acceptors (Lipinski definition) is 3. The van der Waals surface area contributed by atoms with Crippen molar-refractivity contribution in [3.8, 4) is 0 Å². The zero-order valence-electron chi connectivity index (χ0n) is 16.0. The highest BCUT2D eigenvalue weighted by Gasteiger charge is 2.60. The monoisotopic (exact) mass is 360 g/mol. The highest BCUT2D eigenvalue weighted by molar-refractivity contribution is 5.92. The van der Waals surface area contributed by atoms with Crippen molar-refractivity contribution in [2.75, 3.05) is 0 Å². The number of aliphatic hydroxyl groups excluding tert-OH is 1. The van der Waals surface area contributed by atoms with Gasteiger partial charge in [0.2, 0.25) is 0 Å². The Kier molecular flexibility index (Phi) is 4.33. The molecule has 3 fully saturated rings. The molecule has 144 valence electrons. The molecule has 0 amide bonds. The lowest BCUT2D eigenvalue weighted by Crippen LogP contribution is -2.54. The fraction of sp³-hybridized carbons (Fsp3) is 0.818. The van der Waals surface area contributed by atoms with Crippen LogP contribution < -0.4 is 0 Å². The normalized spacial score (nSPS) is 47.6. The molecule has 0 bridgehead atoms. The summed E-state index contributed by atoms with van der Waals surface area (Å²) in [6.45, 7) is 4.61. The molecule has 0 radical (unpaired) electrons. The van der Waals surface area contributed by atoms with Crippen LogP contribution >= 0.6 is 0 Å². The Morgan fingerprint density at radius 1 is 1.19 bits per heavy atom. The predicted octanol–water partition coefficient (Wildman–Crippen LogP) is 3.97. The fourth-order valence-corrected chi connectivity index (χ4v) is 7.44. The van der Waals surface area contributed by atoms with Crippen LogP contribution in [0.25, 0.3) is 0 Å². The van der Waals surface area contributed by atoms with Crippen LogP contribution in [0.4, 0.5) is 0 Å². The van der Waals surface area contributed by atoms with Crippen LogP contribution in [0.5, 0.6) is 0 Å². The van der Waals surface area contributed by atoms with Gasteiger partial charge in [0.15, 0.2) is 5.78 Å². The van der Waals surface area contributed by atoms with Crippen molar-refractivity contribution in [3.05, 3.63) is 11.6 Å². The van der Waals surface area contributed by atoms with Gasteiger partial charge < -0.3 is 10.2 Å². The molecule has 0 spiro atoms. The Morgan fingerprint density at radius 3 is 2.69 bits per heavy atom. The molecule has 0 aromatic heterocycles. The second-order valence-corrected chi connectivity index (χ2v) is 9.81. The molecule has 4 nitrogen and oxygen atoms in total. The van der Waals surface area contributed by atoms with Gasteiger partial charge in [0.1, 0.15) is 0 Å². The molecule has 3 saturated carbocycles. The van der Waals surface area contributed by atoms with Crippen molar-refractivity contribution >= 4 is 11.8 Å². The number of aliphatic hydroxyl groups is 1. The Morgan fingerprint density at radius 2 is 1.96 bits per heavy atom. The van der Waals surface area contributed by atoms with Gasteiger partial charge in [-0.25, -0.2) is 0 Å². The molecule has 1 unspecified atom stereocenters. The summed E-state index contributed by atoms with van der Waals surface area (Å²) in [6, 6.07) is 0. The second kappa shape index (κ2) is 6.19. The van der Waals surface area contributed by atoms with Gasteiger partial charge in [0.05, 0.1) is 6.10 Å². The SMILES string of the molecule is C[C@]12CC[C@H]3[C@@H](CCC4=CC(=O)CC(CCC(=O)O)[C@@]43C)[C@@H]1CC[C@@H]2O. The Bertz CT molecular complexity index is 653. The molecule has 0 saturated heterocycles. The van der Waals surface area contributed by atoms with E-state index in [1.165, 1.54) is 5.57 Å². The summed E-state index contributed by atoms with van der Waals surface area (Å²) in [6.07, 6.45) is 9.26. The van der Waals surface area contributed by atoms with Gasteiger partial charge in [-0.1, -0.05) is 19.4 Å². The minimum atomic E-state index is -0.764. The summed E-state index contributed by atoms with van der Waals surface area (Å²) >= 11 is 0. The number of carboxylic acid groups (broad SMARTS) is 1. The molecular formula is C22H32O4. The number of carbonyl (C=O) groups is 2. The lowest BCUT2D eigenvalue weighted by Gasteiger charge is -2.60. The van der Waals surface area contributed by atoms with E-state index in [2.05, 4.69) is 13.8 Å². The minimum Gasteiger partial charge on any atom is -0.481 e. The van der Waals surface area contributed by atoms with Crippen molar-refractivity contribution in [2.24, 2.45) is 34.5 Å². The average molecular weight is 360 g/mol. The number of hydrogen-bond donors (Lipinski definition) is 2. The molecule has 0 aromatic rings. The van der Waals surface area contributed by atoms with Crippen LogP contribution in [0.15, 0.2) is 11.6 Å². The van der Waals surface area contributed by atoms with Gasteiger partial charge in [-0.2, -0.15) is 0 Å². The van der Waals surface area contributed by atoms with Crippen molar-refractivity contribution in [1.29, 1.82) is 0 Å². The van der Waals surface area contributed by atoms with E-state index in [-0.39, 0.29) is 35.1 Å². The summed E-state index contributed by atoms with van der Waals surface area (Å²) in [4.78, 5) is 23.5. The molecule has 4 aliphatic rings. The quantitative estimate of drug-likeness (QED) is 0.798. The minimum absolute atomic E-state index is 0.0405. The zero-order chi connectivity index (χ0) is 18.7. The average Bonchev–Trinajstić information content (AvgIpc) is 2.89. The molecule has 4 heteroatoms. The topological polar surface area (TPSA) is 74.6 Å². The van der Waals surface area contributed by atoms with Crippen LogP contribution in [-0.4, -0.2) is 28.1 Å². The van der Waals surface area contributed by atoms with E-state index in [1.807, 2.05) is 6.08 Å². The number of carbonyl (C=O) groups excluding carboxylic acids is 1. The highest BCUT2D eigenvalue weighted by atomic mass is 16.4. The first-order valence-corrected chi connectivity index (χ1v) is 10.4. The summed E-state index contributed by atoms with van der Waals surface area (Å²) < 4.78 is 0. The third-order valence-corrected chi connectivity index (χ3v) is 8.93. The number of ketones is 1.